The zero-order valence-electron chi connectivity index (χ0n) is 12.2. The molecule has 1 unspecified atom stereocenters. The van der Waals surface area contributed by atoms with Gasteiger partial charge >= 0.3 is 5.69 Å². The lowest BCUT2D eigenvalue weighted by atomic mass is 10.0. The molecule has 0 radical (unpaired) electrons. The summed E-state index contributed by atoms with van der Waals surface area (Å²) in [6, 6.07) is 8.40. The van der Waals surface area contributed by atoms with Crippen LogP contribution in [0.1, 0.15) is 18.0 Å². The molecule has 0 amide bonds. The lowest BCUT2D eigenvalue weighted by molar-refractivity contribution is -0.383. The molecule has 1 aliphatic heterocycles. The highest BCUT2D eigenvalue weighted by molar-refractivity contribution is 7.92. The average Bonchev–Trinajstić information content (AvgIpc) is 2.92. The van der Waals surface area contributed by atoms with Crippen LogP contribution in [0.3, 0.4) is 0 Å². The van der Waals surface area contributed by atoms with Crippen molar-refractivity contribution in [2.45, 2.75) is 16.7 Å². The molecule has 0 spiro atoms. The van der Waals surface area contributed by atoms with Crippen molar-refractivity contribution in [1.29, 1.82) is 0 Å². The number of nitro groups is 1. The number of benzene rings is 1. The van der Waals surface area contributed by atoms with Gasteiger partial charge in [0.2, 0.25) is 0 Å². The van der Waals surface area contributed by atoms with Crippen molar-refractivity contribution < 1.29 is 18.1 Å². The average molecular weight is 354 g/mol. The van der Waals surface area contributed by atoms with Gasteiger partial charge in [-0.2, -0.15) is 0 Å². The van der Waals surface area contributed by atoms with Crippen LogP contribution >= 0.6 is 11.3 Å². The van der Waals surface area contributed by atoms with Crippen LogP contribution in [-0.4, -0.2) is 26.2 Å². The highest BCUT2D eigenvalue weighted by atomic mass is 32.2. The standard InChI is InChI=1S/C14H14N2O5S2/c1-23(19,20)13-8-11(16(17)18)14(22-13)15-10-6-7-21-12-5-3-2-4-9(10)12/h2-5,8,10,15H,6-7H2,1H3. The Morgan fingerprint density at radius 3 is 2.83 bits per heavy atom. The maximum Gasteiger partial charge on any atom is 0.304 e. The van der Waals surface area contributed by atoms with E-state index in [1.165, 1.54) is 0 Å². The fraction of sp³-hybridized carbons (Fsp3) is 0.286. The molecule has 0 saturated carbocycles. The number of thiophene rings is 1. The first-order valence-corrected chi connectivity index (χ1v) is 9.53. The summed E-state index contributed by atoms with van der Waals surface area (Å²) in [7, 11) is -3.49. The molecule has 2 aromatic rings. The second-order valence-electron chi connectivity index (χ2n) is 5.18. The molecule has 1 aliphatic rings. The maximum atomic E-state index is 11.7. The number of nitrogens with zero attached hydrogens (tertiary/aromatic N) is 1. The summed E-state index contributed by atoms with van der Waals surface area (Å²) < 4.78 is 28.8. The van der Waals surface area contributed by atoms with Gasteiger partial charge in [0, 0.05) is 24.3 Å². The van der Waals surface area contributed by atoms with E-state index >= 15 is 0 Å². The van der Waals surface area contributed by atoms with E-state index in [9.17, 15) is 18.5 Å². The molecular formula is C14H14N2O5S2. The number of hydrogen-bond acceptors (Lipinski definition) is 7. The van der Waals surface area contributed by atoms with Crippen LogP contribution in [0.15, 0.2) is 34.5 Å². The van der Waals surface area contributed by atoms with Gasteiger partial charge in [0.25, 0.3) is 0 Å². The van der Waals surface area contributed by atoms with E-state index in [1.807, 2.05) is 24.3 Å². The molecule has 1 atom stereocenters. The molecule has 3 rings (SSSR count). The van der Waals surface area contributed by atoms with E-state index < -0.39 is 14.8 Å². The molecule has 0 saturated heterocycles. The minimum Gasteiger partial charge on any atom is -0.493 e. The molecule has 0 aliphatic carbocycles. The Balaban J connectivity index is 1.98. The molecule has 0 bridgehead atoms. The molecule has 1 aromatic heterocycles. The van der Waals surface area contributed by atoms with E-state index in [4.69, 9.17) is 4.74 Å². The van der Waals surface area contributed by atoms with E-state index in [-0.39, 0.29) is 20.9 Å². The van der Waals surface area contributed by atoms with E-state index in [0.29, 0.717) is 13.0 Å². The fourth-order valence-electron chi connectivity index (χ4n) is 2.43. The Morgan fingerprint density at radius 1 is 1.39 bits per heavy atom. The van der Waals surface area contributed by atoms with Gasteiger partial charge in [-0.05, 0) is 6.07 Å². The minimum absolute atomic E-state index is 0.0213. The zero-order chi connectivity index (χ0) is 16.6. The summed E-state index contributed by atoms with van der Waals surface area (Å²) >= 11 is 0.882. The van der Waals surface area contributed by atoms with Crippen molar-refractivity contribution in [1.82, 2.24) is 0 Å². The van der Waals surface area contributed by atoms with Crippen LogP contribution in [0.25, 0.3) is 0 Å². The fourth-order valence-corrected chi connectivity index (χ4v) is 4.42. The number of anilines is 1. The molecule has 122 valence electrons. The van der Waals surface area contributed by atoms with Crippen LogP contribution in [0.5, 0.6) is 5.75 Å². The van der Waals surface area contributed by atoms with Gasteiger partial charge in [-0.25, -0.2) is 8.42 Å². The predicted molar refractivity (Wildman–Crippen MR) is 87.0 cm³/mol. The van der Waals surface area contributed by atoms with Crippen molar-refractivity contribution in [2.75, 3.05) is 18.2 Å². The first kappa shape index (κ1) is 15.8. The molecule has 9 heteroatoms. The van der Waals surface area contributed by atoms with Crippen LogP contribution in [0, 0.1) is 10.1 Å². The SMILES string of the molecule is CS(=O)(=O)c1cc([N+](=O)[O-])c(NC2CCOc3ccccc32)s1. The summed E-state index contributed by atoms with van der Waals surface area (Å²) in [5.74, 6) is 0.735. The number of rotatable bonds is 4. The third kappa shape index (κ3) is 3.15. The number of fused-ring (bicyclic) bond motifs is 1. The molecular weight excluding hydrogens is 340 g/mol. The first-order chi connectivity index (χ1) is 10.9. The normalized spacial score (nSPS) is 17.2. The van der Waals surface area contributed by atoms with E-state index in [2.05, 4.69) is 5.32 Å². The Bertz CT molecular complexity index is 860. The van der Waals surface area contributed by atoms with Gasteiger partial charge in [-0.15, -0.1) is 0 Å². The van der Waals surface area contributed by atoms with Crippen molar-refractivity contribution in [3.05, 3.63) is 46.0 Å². The first-order valence-electron chi connectivity index (χ1n) is 6.83. The van der Waals surface area contributed by atoms with Gasteiger partial charge in [0.1, 0.15) is 9.96 Å². The minimum atomic E-state index is -3.49. The molecule has 2 heterocycles. The zero-order valence-corrected chi connectivity index (χ0v) is 13.8. The lowest BCUT2D eigenvalue weighted by Crippen LogP contribution is -2.20. The van der Waals surface area contributed by atoms with Gasteiger partial charge in [0.05, 0.1) is 17.6 Å². The topological polar surface area (TPSA) is 98.5 Å². The Kier molecular flexibility index (Phi) is 3.99. The molecule has 0 fully saturated rings. The van der Waals surface area contributed by atoms with Crippen LogP contribution in [-0.2, 0) is 9.84 Å². The largest absolute Gasteiger partial charge is 0.493 e. The quantitative estimate of drug-likeness (QED) is 0.669. The number of hydrogen-bond donors (Lipinski definition) is 1. The third-order valence-corrected chi connectivity index (χ3v) is 6.37. The van der Waals surface area contributed by atoms with E-state index in [1.54, 1.807) is 0 Å². The van der Waals surface area contributed by atoms with Crippen molar-refractivity contribution >= 4 is 31.9 Å². The second-order valence-corrected chi connectivity index (χ2v) is 8.48. The lowest BCUT2D eigenvalue weighted by Gasteiger charge is -2.26. The smallest absolute Gasteiger partial charge is 0.304 e. The van der Waals surface area contributed by atoms with Gasteiger partial charge in [0.15, 0.2) is 14.8 Å². The highest BCUT2D eigenvalue weighted by Gasteiger charge is 2.28. The van der Waals surface area contributed by atoms with Gasteiger partial charge in [-0.1, -0.05) is 29.5 Å². The Labute approximate surface area is 137 Å². The van der Waals surface area contributed by atoms with Crippen molar-refractivity contribution in [3.8, 4) is 5.75 Å². The Hall–Kier alpha value is -2.13. The summed E-state index contributed by atoms with van der Waals surface area (Å²) in [4.78, 5) is 10.6. The van der Waals surface area contributed by atoms with E-state index in [0.717, 1.165) is 35.0 Å². The second kappa shape index (κ2) is 5.82. The summed E-state index contributed by atoms with van der Waals surface area (Å²) in [5, 5.41) is 14.6. The maximum absolute atomic E-state index is 11.7. The molecule has 1 aromatic carbocycles. The van der Waals surface area contributed by atoms with Crippen LogP contribution in [0.2, 0.25) is 0 Å². The number of sulfone groups is 1. The molecule has 7 nitrogen and oxygen atoms in total. The molecule has 23 heavy (non-hydrogen) atoms. The van der Waals surface area contributed by atoms with Gasteiger partial charge < -0.3 is 10.1 Å². The highest BCUT2D eigenvalue weighted by Crippen LogP contribution is 2.41. The summed E-state index contributed by atoms with van der Waals surface area (Å²) in [6.07, 6.45) is 1.68. The monoisotopic (exact) mass is 354 g/mol. The third-order valence-electron chi connectivity index (χ3n) is 3.52. The predicted octanol–water partition coefficient (Wildman–Crippen LogP) is 3.00. The number of ether oxygens (including phenoxy) is 1. The summed E-state index contributed by atoms with van der Waals surface area (Å²) in [5.41, 5.74) is 0.682. The molecule has 1 N–H and O–H groups in total. The summed E-state index contributed by atoms with van der Waals surface area (Å²) in [6.45, 7) is 0.493. The number of nitrogens with one attached hydrogen (secondary N) is 1. The van der Waals surface area contributed by atoms with Crippen molar-refractivity contribution in [3.63, 3.8) is 0 Å². The Morgan fingerprint density at radius 2 is 2.13 bits per heavy atom. The number of para-hydroxylation sites is 1. The van der Waals surface area contributed by atoms with Gasteiger partial charge in [-0.3, -0.25) is 10.1 Å². The van der Waals surface area contributed by atoms with Crippen LogP contribution in [0.4, 0.5) is 10.7 Å². The van der Waals surface area contributed by atoms with Crippen LogP contribution < -0.4 is 10.1 Å². The van der Waals surface area contributed by atoms with Crippen molar-refractivity contribution in [2.24, 2.45) is 0 Å².